The van der Waals surface area contributed by atoms with Gasteiger partial charge in [-0.3, -0.25) is 0 Å². The normalized spacial score (nSPS) is 11.8. The van der Waals surface area contributed by atoms with Crippen LogP contribution in [-0.2, 0) is 17.3 Å². The lowest BCUT2D eigenvalue weighted by molar-refractivity contribution is 0.439. The second-order valence-corrected chi connectivity index (χ2v) is 17.2. The van der Waals surface area contributed by atoms with Crippen LogP contribution in [0.4, 0.5) is 0 Å². The van der Waals surface area contributed by atoms with Gasteiger partial charge in [0.25, 0.3) is 0 Å². The molecule has 0 aliphatic rings. The molecular formula is C57H63N3. The molecule has 306 valence electrons. The third-order valence-corrected chi connectivity index (χ3v) is 13.6. The summed E-state index contributed by atoms with van der Waals surface area (Å²) in [5.41, 5.74) is 14.6. The first kappa shape index (κ1) is 42.5. The molecule has 1 aromatic heterocycles. The number of benzene rings is 6. The monoisotopic (exact) mass is 790 g/mol. The average Bonchev–Trinajstić information content (AvgIpc) is 3.32. The van der Waals surface area contributed by atoms with E-state index in [0.717, 1.165) is 48.8 Å². The molecule has 0 saturated carbocycles. The highest BCUT2D eigenvalue weighted by atomic mass is 15.0. The molecule has 0 radical (unpaired) electrons. The number of unbranched alkanes of at least 4 members (excludes halogenated alkanes) is 3. The fourth-order valence-electron chi connectivity index (χ4n) is 8.26. The molecule has 1 heterocycles. The lowest BCUT2D eigenvalue weighted by Crippen LogP contribution is -2.19. The molecule has 6 aromatic carbocycles. The predicted octanol–water partition coefficient (Wildman–Crippen LogP) is 16.2. The van der Waals surface area contributed by atoms with Crippen LogP contribution in [0.3, 0.4) is 0 Å². The van der Waals surface area contributed by atoms with Crippen LogP contribution in [0.25, 0.3) is 67.5 Å². The standard InChI is InChI=1S/C57H63N3/c1-8-13-14-15-16-41-17-19-42(20-18-41)43-21-27-48(28-22-43)53-58-54(49-29-23-44(24-30-49)46-33-37-51(38-34-46)56(6,9-2)10-3)60-55(59-53)50-31-25-45(26-32-50)47-35-39-52(40-36-47)57(7,11-4)12-5/h17-40H,8-16H2,1-7H3. The smallest absolute Gasteiger partial charge is 0.164 e. The van der Waals surface area contributed by atoms with E-state index in [1.165, 1.54) is 75.8 Å². The van der Waals surface area contributed by atoms with E-state index in [9.17, 15) is 0 Å². The van der Waals surface area contributed by atoms with E-state index < -0.39 is 0 Å². The minimum Gasteiger partial charge on any atom is -0.208 e. The lowest BCUT2D eigenvalue weighted by atomic mass is 9.77. The average molecular weight is 790 g/mol. The minimum absolute atomic E-state index is 0.201. The lowest BCUT2D eigenvalue weighted by Gasteiger charge is -2.27. The Hall–Kier alpha value is -5.67. The third kappa shape index (κ3) is 9.52. The van der Waals surface area contributed by atoms with Crippen molar-refractivity contribution >= 4 is 0 Å². The summed E-state index contributed by atoms with van der Waals surface area (Å²) in [6.45, 7) is 16.1. The van der Waals surface area contributed by atoms with E-state index in [0.29, 0.717) is 17.5 Å². The number of aromatic nitrogens is 3. The van der Waals surface area contributed by atoms with Gasteiger partial charge in [0.2, 0.25) is 0 Å². The molecule has 0 N–H and O–H groups in total. The van der Waals surface area contributed by atoms with Crippen LogP contribution in [0.1, 0.15) is 117 Å². The first-order valence-corrected chi connectivity index (χ1v) is 22.6. The molecule has 3 heteroatoms. The summed E-state index contributed by atoms with van der Waals surface area (Å²) in [5.74, 6) is 1.98. The molecule has 7 aromatic rings. The molecule has 0 bridgehead atoms. The number of rotatable bonds is 17. The van der Waals surface area contributed by atoms with Gasteiger partial charge in [-0.2, -0.15) is 0 Å². The van der Waals surface area contributed by atoms with E-state index in [4.69, 9.17) is 15.0 Å². The zero-order valence-corrected chi connectivity index (χ0v) is 37.1. The molecule has 0 spiro atoms. The molecule has 0 aliphatic carbocycles. The Bertz CT molecular complexity index is 2290. The Morgan fingerprint density at radius 2 is 0.583 bits per heavy atom. The SMILES string of the molecule is CCCCCCc1ccc(-c2ccc(-c3nc(-c4ccc(-c5ccc(C(C)(CC)CC)cc5)cc4)nc(-c4ccc(-c5ccc(C(C)(CC)CC)cc5)cc4)n3)cc2)cc1. The van der Waals surface area contributed by atoms with Crippen molar-refractivity contribution in [2.24, 2.45) is 0 Å². The zero-order chi connectivity index (χ0) is 42.1. The molecular weight excluding hydrogens is 727 g/mol. The largest absolute Gasteiger partial charge is 0.208 e. The van der Waals surface area contributed by atoms with Crippen LogP contribution in [0, 0.1) is 0 Å². The molecule has 7 rings (SSSR count). The first-order chi connectivity index (χ1) is 29.2. The Kier molecular flexibility index (Phi) is 13.5. The number of aryl methyl sites for hydroxylation is 1. The quantitative estimate of drug-likeness (QED) is 0.0863. The van der Waals surface area contributed by atoms with Crippen molar-refractivity contribution in [3.8, 4) is 67.5 Å². The number of hydrogen-bond acceptors (Lipinski definition) is 3. The van der Waals surface area contributed by atoms with E-state index >= 15 is 0 Å². The summed E-state index contributed by atoms with van der Waals surface area (Å²) in [5, 5.41) is 0. The van der Waals surface area contributed by atoms with Crippen LogP contribution in [0.2, 0.25) is 0 Å². The van der Waals surface area contributed by atoms with Gasteiger partial charge in [0.05, 0.1) is 0 Å². The van der Waals surface area contributed by atoms with Gasteiger partial charge in [0, 0.05) is 16.7 Å². The van der Waals surface area contributed by atoms with Gasteiger partial charge in [0.15, 0.2) is 17.5 Å². The Morgan fingerprint density at radius 1 is 0.317 bits per heavy atom. The highest BCUT2D eigenvalue weighted by Crippen LogP contribution is 2.35. The molecule has 60 heavy (non-hydrogen) atoms. The maximum atomic E-state index is 5.10. The number of nitrogens with zero attached hydrogens (tertiary/aromatic N) is 3. The Balaban J connectivity index is 1.19. The van der Waals surface area contributed by atoms with Crippen molar-refractivity contribution in [2.75, 3.05) is 0 Å². The van der Waals surface area contributed by atoms with Gasteiger partial charge in [0.1, 0.15) is 0 Å². The van der Waals surface area contributed by atoms with Crippen molar-refractivity contribution in [1.82, 2.24) is 15.0 Å². The van der Waals surface area contributed by atoms with E-state index in [1.807, 2.05) is 0 Å². The van der Waals surface area contributed by atoms with E-state index in [1.54, 1.807) is 0 Å². The van der Waals surface area contributed by atoms with Crippen LogP contribution >= 0.6 is 0 Å². The molecule has 3 nitrogen and oxygen atoms in total. The fourth-order valence-corrected chi connectivity index (χ4v) is 8.26. The summed E-state index contributed by atoms with van der Waals surface area (Å²) in [6, 6.07) is 53.2. The summed E-state index contributed by atoms with van der Waals surface area (Å²) >= 11 is 0. The molecule has 0 amide bonds. The topological polar surface area (TPSA) is 38.7 Å². The summed E-state index contributed by atoms with van der Waals surface area (Å²) < 4.78 is 0. The molecule has 0 fully saturated rings. The van der Waals surface area contributed by atoms with Crippen LogP contribution < -0.4 is 0 Å². The summed E-state index contributed by atoms with van der Waals surface area (Å²) in [7, 11) is 0. The van der Waals surface area contributed by atoms with Crippen molar-refractivity contribution in [3.63, 3.8) is 0 Å². The Morgan fingerprint density at radius 3 is 0.867 bits per heavy atom. The summed E-state index contributed by atoms with van der Waals surface area (Å²) in [4.78, 5) is 15.3. The van der Waals surface area contributed by atoms with Crippen LogP contribution in [0.15, 0.2) is 146 Å². The van der Waals surface area contributed by atoms with E-state index in [2.05, 4.69) is 194 Å². The molecule has 0 aliphatic heterocycles. The maximum absolute atomic E-state index is 5.10. The van der Waals surface area contributed by atoms with Crippen molar-refractivity contribution in [1.29, 1.82) is 0 Å². The van der Waals surface area contributed by atoms with Crippen molar-refractivity contribution in [3.05, 3.63) is 162 Å². The van der Waals surface area contributed by atoms with Gasteiger partial charge in [-0.05, 0) is 99.4 Å². The highest BCUT2D eigenvalue weighted by molar-refractivity contribution is 5.74. The second-order valence-electron chi connectivity index (χ2n) is 17.2. The zero-order valence-electron chi connectivity index (χ0n) is 37.1. The van der Waals surface area contributed by atoms with Crippen molar-refractivity contribution < 1.29 is 0 Å². The Labute approximate surface area is 360 Å². The van der Waals surface area contributed by atoms with Crippen molar-refractivity contribution in [2.45, 2.75) is 117 Å². The molecule has 0 unspecified atom stereocenters. The third-order valence-electron chi connectivity index (χ3n) is 13.6. The second kappa shape index (κ2) is 19.1. The van der Waals surface area contributed by atoms with Crippen LogP contribution in [-0.4, -0.2) is 15.0 Å². The van der Waals surface area contributed by atoms with E-state index in [-0.39, 0.29) is 10.8 Å². The van der Waals surface area contributed by atoms with Gasteiger partial charge >= 0.3 is 0 Å². The minimum atomic E-state index is 0.201. The van der Waals surface area contributed by atoms with Gasteiger partial charge in [-0.15, -0.1) is 0 Å². The highest BCUT2D eigenvalue weighted by Gasteiger charge is 2.23. The fraction of sp³-hybridized carbons (Fsp3) is 0.316. The first-order valence-electron chi connectivity index (χ1n) is 22.6. The molecule has 0 saturated heterocycles. The van der Waals surface area contributed by atoms with Crippen LogP contribution in [0.5, 0.6) is 0 Å². The predicted molar refractivity (Wildman–Crippen MR) is 256 cm³/mol. The van der Waals surface area contributed by atoms with Gasteiger partial charge in [-0.25, -0.2) is 15.0 Å². The maximum Gasteiger partial charge on any atom is 0.164 e. The van der Waals surface area contributed by atoms with Gasteiger partial charge < -0.3 is 0 Å². The summed E-state index contributed by atoms with van der Waals surface area (Å²) in [6.07, 6.45) is 10.8. The van der Waals surface area contributed by atoms with Gasteiger partial charge in [-0.1, -0.05) is 213 Å². The number of hydrogen-bond donors (Lipinski definition) is 0. The molecule has 0 atom stereocenters.